The summed E-state index contributed by atoms with van der Waals surface area (Å²) in [6.07, 6.45) is 4.62. The monoisotopic (exact) mass is 273 g/mol. The molecule has 110 valence electrons. The first-order valence-corrected chi connectivity index (χ1v) is 6.74. The standard InChI is InChI=1S/C13H23NO5/c15-8-10(9-16)14-11(17)6-13(7-12(18)19)4-2-1-3-5-13/h10,15-16H,1-9H2,(H,14,17)(H,18,19). The van der Waals surface area contributed by atoms with Crippen LogP contribution in [0.5, 0.6) is 0 Å². The number of aliphatic carboxylic acids is 1. The molecule has 1 aliphatic carbocycles. The fourth-order valence-corrected chi connectivity index (χ4v) is 2.81. The van der Waals surface area contributed by atoms with Crippen molar-refractivity contribution in [1.82, 2.24) is 5.32 Å². The fourth-order valence-electron chi connectivity index (χ4n) is 2.81. The molecule has 0 radical (unpaired) electrons. The summed E-state index contributed by atoms with van der Waals surface area (Å²) in [5.74, 6) is -1.17. The lowest BCUT2D eigenvalue weighted by atomic mass is 9.69. The Bertz CT molecular complexity index is 308. The van der Waals surface area contributed by atoms with Gasteiger partial charge < -0.3 is 20.6 Å². The lowest BCUT2D eigenvalue weighted by molar-refractivity contribution is -0.141. The molecule has 0 aromatic heterocycles. The normalized spacial score (nSPS) is 18.3. The summed E-state index contributed by atoms with van der Waals surface area (Å²) in [4.78, 5) is 22.9. The molecule has 0 aromatic carbocycles. The van der Waals surface area contributed by atoms with Crippen LogP contribution in [0.2, 0.25) is 0 Å². The summed E-state index contributed by atoms with van der Waals surface area (Å²) < 4.78 is 0. The van der Waals surface area contributed by atoms with E-state index in [0.717, 1.165) is 32.1 Å². The number of aliphatic hydroxyl groups is 2. The quantitative estimate of drug-likeness (QED) is 0.532. The highest BCUT2D eigenvalue weighted by molar-refractivity contribution is 5.78. The fraction of sp³-hybridized carbons (Fsp3) is 0.846. The van der Waals surface area contributed by atoms with E-state index in [4.69, 9.17) is 15.3 Å². The van der Waals surface area contributed by atoms with Gasteiger partial charge in [0.1, 0.15) is 0 Å². The zero-order chi connectivity index (χ0) is 14.3. The maximum atomic E-state index is 11.9. The van der Waals surface area contributed by atoms with Gasteiger partial charge >= 0.3 is 5.97 Å². The van der Waals surface area contributed by atoms with Crippen LogP contribution in [-0.4, -0.2) is 46.5 Å². The first-order chi connectivity index (χ1) is 9.01. The zero-order valence-electron chi connectivity index (χ0n) is 11.1. The molecule has 0 bridgehead atoms. The van der Waals surface area contributed by atoms with Gasteiger partial charge in [-0.3, -0.25) is 9.59 Å². The van der Waals surface area contributed by atoms with Crippen LogP contribution in [0.4, 0.5) is 0 Å². The summed E-state index contributed by atoms with van der Waals surface area (Å²) in [6, 6.07) is -0.669. The molecule has 19 heavy (non-hydrogen) atoms. The van der Waals surface area contributed by atoms with Gasteiger partial charge in [-0.25, -0.2) is 0 Å². The van der Waals surface area contributed by atoms with Crippen LogP contribution in [0.1, 0.15) is 44.9 Å². The Hall–Kier alpha value is -1.14. The van der Waals surface area contributed by atoms with Crippen molar-refractivity contribution in [1.29, 1.82) is 0 Å². The molecular formula is C13H23NO5. The summed E-state index contributed by atoms with van der Waals surface area (Å²) in [7, 11) is 0. The Labute approximate surface area is 112 Å². The van der Waals surface area contributed by atoms with Crippen LogP contribution < -0.4 is 5.32 Å². The van der Waals surface area contributed by atoms with Crippen LogP contribution in [0.15, 0.2) is 0 Å². The molecule has 1 amide bonds. The third-order valence-electron chi connectivity index (χ3n) is 3.78. The predicted molar refractivity (Wildman–Crippen MR) is 68.5 cm³/mol. The third-order valence-corrected chi connectivity index (χ3v) is 3.78. The predicted octanol–water partition coefficient (Wildman–Crippen LogP) is 0.271. The Morgan fingerprint density at radius 1 is 1.05 bits per heavy atom. The Morgan fingerprint density at radius 2 is 1.63 bits per heavy atom. The van der Waals surface area contributed by atoms with E-state index >= 15 is 0 Å². The van der Waals surface area contributed by atoms with Crippen molar-refractivity contribution in [2.75, 3.05) is 13.2 Å². The average molecular weight is 273 g/mol. The van der Waals surface area contributed by atoms with Crippen molar-refractivity contribution in [3.05, 3.63) is 0 Å². The van der Waals surface area contributed by atoms with Crippen LogP contribution in [-0.2, 0) is 9.59 Å². The molecule has 1 saturated carbocycles. The second-order valence-electron chi connectivity index (χ2n) is 5.44. The summed E-state index contributed by atoms with van der Waals surface area (Å²) >= 11 is 0. The van der Waals surface area contributed by atoms with Gasteiger partial charge in [-0.2, -0.15) is 0 Å². The molecule has 0 saturated heterocycles. The van der Waals surface area contributed by atoms with Gasteiger partial charge in [-0.1, -0.05) is 19.3 Å². The van der Waals surface area contributed by atoms with Crippen LogP contribution in [0.25, 0.3) is 0 Å². The van der Waals surface area contributed by atoms with E-state index < -0.39 is 17.4 Å². The molecule has 6 nitrogen and oxygen atoms in total. The SMILES string of the molecule is O=C(O)CC1(CC(=O)NC(CO)CO)CCCCC1. The highest BCUT2D eigenvalue weighted by atomic mass is 16.4. The molecule has 1 rings (SSSR count). The summed E-state index contributed by atoms with van der Waals surface area (Å²) in [5.41, 5.74) is -0.469. The third kappa shape index (κ3) is 5.16. The number of carboxylic acid groups (broad SMARTS) is 1. The Kier molecular flexibility index (Phi) is 6.24. The Balaban J connectivity index is 2.61. The van der Waals surface area contributed by atoms with E-state index in [1.165, 1.54) is 0 Å². The largest absolute Gasteiger partial charge is 0.481 e. The topological polar surface area (TPSA) is 107 Å². The minimum atomic E-state index is -0.879. The molecule has 4 N–H and O–H groups in total. The van der Waals surface area contributed by atoms with Gasteiger partial charge in [0, 0.05) is 6.42 Å². The van der Waals surface area contributed by atoms with E-state index in [1.807, 2.05) is 0 Å². The number of carbonyl (C=O) groups is 2. The zero-order valence-corrected chi connectivity index (χ0v) is 11.1. The van der Waals surface area contributed by atoms with E-state index in [0.29, 0.717) is 0 Å². The van der Waals surface area contributed by atoms with E-state index in [2.05, 4.69) is 5.32 Å². The number of aliphatic hydroxyl groups excluding tert-OH is 2. The number of amides is 1. The lowest BCUT2D eigenvalue weighted by Gasteiger charge is -2.35. The number of hydrogen-bond acceptors (Lipinski definition) is 4. The molecule has 0 atom stereocenters. The van der Waals surface area contributed by atoms with Crippen molar-refractivity contribution in [2.45, 2.75) is 51.0 Å². The van der Waals surface area contributed by atoms with Crippen LogP contribution in [0.3, 0.4) is 0 Å². The van der Waals surface area contributed by atoms with Gasteiger partial charge in [-0.05, 0) is 18.3 Å². The molecule has 0 unspecified atom stereocenters. The van der Waals surface area contributed by atoms with Crippen molar-refractivity contribution in [3.8, 4) is 0 Å². The molecule has 0 spiro atoms. The van der Waals surface area contributed by atoms with Crippen molar-refractivity contribution >= 4 is 11.9 Å². The molecular weight excluding hydrogens is 250 g/mol. The molecule has 0 aliphatic heterocycles. The molecule has 1 fully saturated rings. The number of hydrogen-bond donors (Lipinski definition) is 4. The summed E-state index contributed by atoms with van der Waals surface area (Å²) in [5, 5.41) is 29.4. The molecule has 0 heterocycles. The smallest absolute Gasteiger partial charge is 0.303 e. The number of carboxylic acids is 1. The second kappa shape index (κ2) is 7.45. The van der Waals surface area contributed by atoms with E-state index in [1.54, 1.807) is 0 Å². The number of carbonyl (C=O) groups excluding carboxylic acids is 1. The summed E-state index contributed by atoms with van der Waals surface area (Å²) in [6.45, 7) is -0.650. The molecule has 6 heteroatoms. The van der Waals surface area contributed by atoms with Crippen molar-refractivity contribution in [2.24, 2.45) is 5.41 Å². The second-order valence-corrected chi connectivity index (χ2v) is 5.44. The van der Waals surface area contributed by atoms with E-state index in [-0.39, 0.29) is 32.0 Å². The average Bonchev–Trinajstić information content (AvgIpc) is 2.35. The van der Waals surface area contributed by atoms with Crippen molar-refractivity contribution < 1.29 is 24.9 Å². The molecule has 1 aliphatic rings. The van der Waals surface area contributed by atoms with Gasteiger partial charge in [0.05, 0.1) is 25.7 Å². The highest BCUT2D eigenvalue weighted by Gasteiger charge is 2.36. The van der Waals surface area contributed by atoms with Gasteiger partial charge in [0.2, 0.25) is 5.91 Å². The van der Waals surface area contributed by atoms with Gasteiger partial charge in [0.25, 0.3) is 0 Å². The van der Waals surface area contributed by atoms with Crippen LogP contribution in [0, 0.1) is 5.41 Å². The minimum absolute atomic E-state index is 0.00331. The minimum Gasteiger partial charge on any atom is -0.481 e. The van der Waals surface area contributed by atoms with E-state index in [9.17, 15) is 9.59 Å². The number of rotatable bonds is 7. The molecule has 0 aromatic rings. The van der Waals surface area contributed by atoms with Gasteiger partial charge in [0.15, 0.2) is 0 Å². The Morgan fingerprint density at radius 3 is 2.11 bits per heavy atom. The van der Waals surface area contributed by atoms with Crippen LogP contribution >= 0.6 is 0 Å². The maximum absolute atomic E-state index is 11.9. The number of nitrogens with one attached hydrogen (secondary N) is 1. The van der Waals surface area contributed by atoms with Crippen molar-refractivity contribution in [3.63, 3.8) is 0 Å². The lowest BCUT2D eigenvalue weighted by Crippen LogP contribution is -2.43. The maximum Gasteiger partial charge on any atom is 0.303 e. The first-order valence-electron chi connectivity index (χ1n) is 6.74. The highest BCUT2D eigenvalue weighted by Crippen LogP contribution is 2.42. The van der Waals surface area contributed by atoms with Gasteiger partial charge in [-0.15, -0.1) is 0 Å². The first kappa shape index (κ1) is 15.9.